The van der Waals surface area contributed by atoms with Gasteiger partial charge < -0.3 is 23.8 Å². The molecule has 1 N–H and O–H groups in total. The Labute approximate surface area is 119 Å². The zero-order valence-electron chi connectivity index (χ0n) is 12.3. The largest absolute Gasteiger partial charge is 0.450 e. The Kier molecular flexibility index (Phi) is 6.45. The average molecular weight is 309 g/mol. The smallest absolute Gasteiger partial charge is 0.409 e. The lowest BCUT2D eigenvalue weighted by Crippen LogP contribution is -2.47. The molecule has 1 heterocycles. The lowest BCUT2D eigenvalue weighted by molar-refractivity contribution is 0.0104. The minimum absolute atomic E-state index is 0.142. The van der Waals surface area contributed by atoms with Gasteiger partial charge in [0.2, 0.25) is 0 Å². The van der Waals surface area contributed by atoms with Gasteiger partial charge in [0.05, 0.1) is 19.8 Å². The summed E-state index contributed by atoms with van der Waals surface area (Å²) in [7, 11) is -3.60. The number of hydrogen-bond donors (Lipinski definition) is 1. The molecule has 20 heavy (non-hydrogen) atoms. The number of hydrogen-bond acceptors (Lipinski definition) is 6. The first kappa shape index (κ1) is 17.4. The van der Waals surface area contributed by atoms with Gasteiger partial charge in [0, 0.05) is 25.9 Å². The third kappa shape index (κ3) is 3.73. The van der Waals surface area contributed by atoms with Gasteiger partial charge in [0.1, 0.15) is 0 Å². The van der Waals surface area contributed by atoms with E-state index in [1.807, 2.05) is 0 Å². The molecular formula is C12H24NO6P. The fourth-order valence-corrected chi connectivity index (χ4v) is 4.14. The standard InChI is InChI=1S/C12H24NO6P/c1-4-17-11(14)13-9-7-12(15,8-10-13)20(16,18-5-2)19-6-3/h15H,4-10H2,1-3H3. The van der Waals surface area contributed by atoms with E-state index in [1.165, 1.54) is 4.90 Å². The topological polar surface area (TPSA) is 85.3 Å². The maximum absolute atomic E-state index is 12.7. The molecule has 118 valence electrons. The highest BCUT2D eigenvalue weighted by atomic mass is 31.2. The molecule has 0 aromatic rings. The molecule has 8 heteroatoms. The number of carbonyl (C=O) groups is 1. The predicted molar refractivity (Wildman–Crippen MR) is 73.6 cm³/mol. The molecule has 1 rings (SSSR count). The summed E-state index contributed by atoms with van der Waals surface area (Å²) in [5, 5.41) is 9.05. The molecule has 0 unspecified atom stereocenters. The highest BCUT2D eigenvalue weighted by Crippen LogP contribution is 2.62. The van der Waals surface area contributed by atoms with E-state index < -0.39 is 19.0 Å². The van der Waals surface area contributed by atoms with Gasteiger partial charge in [-0.2, -0.15) is 0 Å². The summed E-state index contributed by atoms with van der Waals surface area (Å²) < 4.78 is 28.0. The van der Waals surface area contributed by atoms with Gasteiger partial charge in [-0.15, -0.1) is 0 Å². The first-order valence-corrected chi connectivity index (χ1v) is 8.50. The maximum Gasteiger partial charge on any atom is 0.409 e. The van der Waals surface area contributed by atoms with Crippen LogP contribution in [0.15, 0.2) is 0 Å². The number of ether oxygens (including phenoxy) is 1. The van der Waals surface area contributed by atoms with E-state index in [1.54, 1.807) is 20.8 Å². The van der Waals surface area contributed by atoms with Crippen molar-refractivity contribution >= 4 is 13.7 Å². The fraction of sp³-hybridized carbons (Fsp3) is 0.917. The van der Waals surface area contributed by atoms with Gasteiger partial charge >= 0.3 is 13.7 Å². The molecule has 0 radical (unpaired) electrons. The van der Waals surface area contributed by atoms with Crippen molar-refractivity contribution in [1.82, 2.24) is 4.90 Å². The lowest BCUT2D eigenvalue weighted by Gasteiger charge is -2.40. The van der Waals surface area contributed by atoms with Crippen molar-refractivity contribution in [3.05, 3.63) is 0 Å². The van der Waals surface area contributed by atoms with Crippen LogP contribution in [0, 0.1) is 0 Å². The van der Waals surface area contributed by atoms with Gasteiger partial charge in [0.25, 0.3) is 0 Å². The van der Waals surface area contributed by atoms with Crippen LogP contribution in [-0.4, -0.2) is 54.4 Å². The van der Waals surface area contributed by atoms with Gasteiger partial charge in [0.15, 0.2) is 5.34 Å². The van der Waals surface area contributed by atoms with Gasteiger partial charge in [-0.05, 0) is 20.8 Å². The second-order valence-corrected chi connectivity index (χ2v) is 6.85. The second kappa shape index (κ2) is 7.41. The third-order valence-corrected chi connectivity index (χ3v) is 5.86. The molecule has 0 spiro atoms. The van der Waals surface area contributed by atoms with Gasteiger partial charge in [-0.3, -0.25) is 4.57 Å². The molecule has 1 aliphatic heterocycles. The van der Waals surface area contributed by atoms with E-state index in [9.17, 15) is 14.5 Å². The van der Waals surface area contributed by atoms with Crippen LogP contribution in [0.25, 0.3) is 0 Å². The van der Waals surface area contributed by atoms with Crippen LogP contribution < -0.4 is 0 Å². The Balaban J connectivity index is 2.73. The number of aliphatic hydroxyl groups is 1. The zero-order valence-corrected chi connectivity index (χ0v) is 13.2. The SMILES string of the molecule is CCOC(=O)N1CCC(O)(P(=O)(OCC)OCC)CC1. The van der Waals surface area contributed by atoms with Crippen LogP contribution in [0.2, 0.25) is 0 Å². The summed E-state index contributed by atoms with van der Waals surface area (Å²) in [6, 6.07) is 0. The van der Waals surface area contributed by atoms with Crippen molar-refractivity contribution in [2.24, 2.45) is 0 Å². The molecule has 1 saturated heterocycles. The lowest BCUT2D eigenvalue weighted by atomic mass is 10.1. The van der Waals surface area contributed by atoms with E-state index >= 15 is 0 Å². The molecule has 1 fully saturated rings. The predicted octanol–water partition coefficient (Wildman–Crippen LogP) is 2.19. The summed E-state index contributed by atoms with van der Waals surface area (Å²) in [6.07, 6.45) is -0.135. The molecule has 0 atom stereocenters. The van der Waals surface area contributed by atoms with Crippen molar-refractivity contribution < 1.29 is 28.3 Å². The number of carbonyl (C=O) groups excluding carboxylic acids is 1. The van der Waals surface area contributed by atoms with Crippen LogP contribution in [0.1, 0.15) is 33.6 Å². The Bertz CT molecular complexity index is 357. The van der Waals surface area contributed by atoms with Gasteiger partial charge in [-0.1, -0.05) is 0 Å². The van der Waals surface area contributed by atoms with Crippen molar-refractivity contribution in [2.75, 3.05) is 32.9 Å². The molecule has 0 saturated carbocycles. The van der Waals surface area contributed by atoms with E-state index in [-0.39, 0.29) is 39.1 Å². The van der Waals surface area contributed by atoms with Crippen molar-refractivity contribution in [3.8, 4) is 0 Å². The number of likely N-dealkylation sites (tertiary alicyclic amines) is 1. The van der Waals surface area contributed by atoms with E-state index in [4.69, 9.17) is 13.8 Å². The van der Waals surface area contributed by atoms with Crippen LogP contribution >= 0.6 is 7.60 Å². The highest BCUT2D eigenvalue weighted by Gasteiger charge is 2.51. The van der Waals surface area contributed by atoms with Crippen molar-refractivity contribution in [2.45, 2.75) is 39.0 Å². The fourth-order valence-electron chi connectivity index (χ4n) is 2.15. The molecular weight excluding hydrogens is 285 g/mol. The molecule has 1 aliphatic rings. The first-order chi connectivity index (χ1) is 9.42. The Hall–Kier alpha value is -0.620. The number of nitrogens with zero attached hydrogens (tertiary/aromatic N) is 1. The Morgan fingerprint density at radius 2 is 1.65 bits per heavy atom. The first-order valence-electron chi connectivity index (χ1n) is 6.95. The average Bonchev–Trinajstić information content (AvgIpc) is 2.40. The molecule has 0 aromatic carbocycles. The Morgan fingerprint density at radius 3 is 2.05 bits per heavy atom. The molecule has 0 aliphatic carbocycles. The van der Waals surface area contributed by atoms with Crippen molar-refractivity contribution in [1.29, 1.82) is 0 Å². The van der Waals surface area contributed by atoms with Crippen molar-refractivity contribution in [3.63, 3.8) is 0 Å². The quantitative estimate of drug-likeness (QED) is 0.757. The van der Waals surface area contributed by atoms with Crippen LogP contribution in [0.3, 0.4) is 0 Å². The maximum atomic E-state index is 12.7. The second-order valence-electron chi connectivity index (χ2n) is 4.50. The van der Waals surface area contributed by atoms with E-state index in [0.29, 0.717) is 6.61 Å². The minimum Gasteiger partial charge on any atom is -0.450 e. The monoisotopic (exact) mass is 309 g/mol. The zero-order chi connectivity index (χ0) is 15.2. The molecule has 0 bridgehead atoms. The van der Waals surface area contributed by atoms with Crippen LogP contribution in [0.4, 0.5) is 4.79 Å². The minimum atomic E-state index is -3.60. The van der Waals surface area contributed by atoms with Gasteiger partial charge in [-0.25, -0.2) is 4.79 Å². The molecule has 1 amide bonds. The number of piperidine rings is 1. The third-order valence-electron chi connectivity index (χ3n) is 3.20. The van der Waals surface area contributed by atoms with Crippen LogP contribution in [0.5, 0.6) is 0 Å². The number of amides is 1. The van der Waals surface area contributed by atoms with Crippen LogP contribution in [-0.2, 0) is 18.3 Å². The Morgan fingerprint density at radius 1 is 1.15 bits per heavy atom. The highest BCUT2D eigenvalue weighted by molar-refractivity contribution is 7.55. The summed E-state index contributed by atoms with van der Waals surface area (Å²) in [6.45, 7) is 6.35. The summed E-state index contributed by atoms with van der Waals surface area (Å²) in [4.78, 5) is 13.1. The van der Waals surface area contributed by atoms with E-state index in [0.717, 1.165) is 0 Å². The summed E-state index contributed by atoms with van der Waals surface area (Å²) in [5.74, 6) is 0. The van der Waals surface area contributed by atoms with E-state index in [2.05, 4.69) is 0 Å². The molecule has 0 aromatic heterocycles. The summed E-state index contributed by atoms with van der Waals surface area (Å²) >= 11 is 0. The normalized spacial score (nSPS) is 18.9. The number of rotatable bonds is 6. The molecule has 7 nitrogen and oxygen atoms in total. The summed E-state index contributed by atoms with van der Waals surface area (Å²) in [5.41, 5.74) is 0.